The van der Waals surface area contributed by atoms with E-state index in [0.717, 1.165) is 31.2 Å². The Kier molecular flexibility index (Phi) is 4.14. The highest BCUT2D eigenvalue weighted by molar-refractivity contribution is 6.07. The van der Waals surface area contributed by atoms with Crippen LogP contribution in [0.5, 0.6) is 0 Å². The van der Waals surface area contributed by atoms with Gasteiger partial charge in [-0.3, -0.25) is 15.1 Å². The molecule has 3 amide bonds. The summed E-state index contributed by atoms with van der Waals surface area (Å²) < 4.78 is 0. The van der Waals surface area contributed by atoms with Crippen LogP contribution >= 0.6 is 0 Å². The maximum absolute atomic E-state index is 12.1. The lowest BCUT2D eigenvalue weighted by atomic mass is 9.85. The topological polar surface area (TPSA) is 71.1 Å². The number of urea groups is 1. The molecule has 1 fully saturated rings. The van der Waals surface area contributed by atoms with Crippen molar-refractivity contribution in [1.82, 2.24) is 15.6 Å². The lowest BCUT2D eigenvalue weighted by Crippen LogP contribution is -2.43. The van der Waals surface area contributed by atoms with E-state index < -0.39 is 11.6 Å². The van der Waals surface area contributed by atoms with Crippen LogP contribution in [0.1, 0.15) is 44.6 Å². The first-order valence-electron chi connectivity index (χ1n) is 6.73. The van der Waals surface area contributed by atoms with E-state index in [1.165, 1.54) is 0 Å². The second kappa shape index (κ2) is 5.82. The third-order valence-corrected chi connectivity index (χ3v) is 3.50. The molecular formula is C14H19N3O2. The van der Waals surface area contributed by atoms with E-state index in [-0.39, 0.29) is 5.91 Å². The van der Waals surface area contributed by atoms with Crippen LogP contribution in [0.2, 0.25) is 0 Å². The Balaban J connectivity index is 2.19. The van der Waals surface area contributed by atoms with Crippen LogP contribution < -0.4 is 10.6 Å². The van der Waals surface area contributed by atoms with Crippen LogP contribution in [0.15, 0.2) is 24.5 Å². The molecule has 1 atom stereocenters. The van der Waals surface area contributed by atoms with Gasteiger partial charge in [-0.2, -0.15) is 0 Å². The summed E-state index contributed by atoms with van der Waals surface area (Å²) in [6.07, 6.45) is 8.14. The van der Waals surface area contributed by atoms with Crippen molar-refractivity contribution >= 4 is 11.9 Å². The fourth-order valence-corrected chi connectivity index (χ4v) is 2.45. The first kappa shape index (κ1) is 13.5. The predicted molar refractivity (Wildman–Crippen MR) is 71.3 cm³/mol. The monoisotopic (exact) mass is 261 g/mol. The van der Waals surface area contributed by atoms with Crippen molar-refractivity contribution in [3.8, 4) is 0 Å². The van der Waals surface area contributed by atoms with Crippen molar-refractivity contribution in [3.05, 3.63) is 30.1 Å². The fourth-order valence-electron chi connectivity index (χ4n) is 2.45. The van der Waals surface area contributed by atoms with E-state index in [9.17, 15) is 9.59 Å². The predicted octanol–water partition coefficient (Wildman–Crippen LogP) is 2.09. The maximum atomic E-state index is 12.1. The molecule has 1 aromatic heterocycles. The molecule has 0 aliphatic carbocycles. The Labute approximate surface area is 112 Å². The maximum Gasteiger partial charge on any atom is 0.322 e. The number of pyridine rings is 1. The highest BCUT2D eigenvalue weighted by atomic mass is 16.2. The van der Waals surface area contributed by atoms with Crippen molar-refractivity contribution in [2.24, 2.45) is 0 Å². The Bertz CT molecular complexity index is 461. The molecule has 0 spiro atoms. The second-order valence-electron chi connectivity index (χ2n) is 4.87. The van der Waals surface area contributed by atoms with Gasteiger partial charge < -0.3 is 5.32 Å². The molecule has 19 heavy (non-hydrogen) atoms. The summed E-state index contributed by atoms with van der Waals surface area (Å²) in [7, 11) is 0. The minimum Gasteiger partial charge on any atom is -0.319 e. The largest absolute Gasteiger partial charge is 0.322 e. The minimum absolute atomic E-state index is 0.276. The molecule has 0 bridgehead atoms. The summed E-state index contributed by atoms with van der Waals surface area (Å²) in [5.74, 6) is -0.276. The fraction of sp³-hybridized carbons (Fsp3) is 0.500. The third kappa shape index (κ3) is 2.75. The average molecular weight is 261 g/mol. The number of amides is 3. The van der Waals surface area contributed by atoms with E-state index in [0.29, 0.717) is 6.42 Å². The summed E-state index contributed by atoms with van der Waals surface area (Å²) in [5, 5.41) is 5.10. The number of rotatable bonds is 6. The molecule has 102 valence electrons. The van der Waals surface area contributed by atoms with Crippen LogP contribution in [0, 0.1) is 0 Å². The van der Waals surface area contributed by atoms with Crippen LogP contribution in [-0.4, -0.2) is 16.9 Å². The van der Waals surface area contributed by atoms with E-state index in [2.05, 4.69) is 22.5 Å². The molecule has 1 aromatic rings. The van der Waals surface area contributed by atoms with Gasteiger partial charge in [0.05, 0.1) is 0 Å². The number of hydrogen-bond acceptors (Lipinski definition) is 3. The SMILES string of the molecule is CCCCCCC1(c2cccnc2)NC(=O)NC1=O. The van der Waals surface area contributed by atoms with Gasteiger partial charge in [-0.15, -0.1) is 0 Å². The van der Waals surface area contributed by atoms with E-state index in [4.69, 9.17) is 0 Å². The summed E-state index contributed by atoms with van der Waals surface area (Å²) >= 11 is 0. The minimum atomic E-state index is -0.945. The van der Waals surface area contributed by atoms with Crippen molar-refractivity contribution in [2.75, 3.05) is 0 Å². The van der Waals surface area contributed by atoms with Crippen LogP contribution in [0.4, 0.5) is 4.79 Å². The zero-order valence-electron chi connectivity index (χ0n) is 11.1. The third-order valence-electron chi connectivity index (χ3n) is 3.50. The average Bonchev–Trinajstić information content (AvgIpc) is 2.71. The summed E-state index contributed by atoms with van der Waals surface area (Å²) in [4.78, 5) is 27.7. The van der Waals surface area contributed by atoms with Crippen molar-refractivity contribution in [1.29, 1.82) is 0 Å². The number of unbranched alkanes of at least 4 members (excludes halogenated alkanes) is 3. The molecule has 2 N–H and O–H groups in total. The molecule has 0 radical (unpaired) electrons. The lowest BCUT2D eigenvalue weighted by Gasteiger charge is -2.26. The molecule has 0 aromatic carbocycles. The molecule has 5 nitrogen and oxygen atoms in total. The number of aromatic nitrogens is 1. The van der Waals surface area contributed by atoms with Gasteiger partial charge >= 0.3 is 6.03 Å². The molecule has 2 rings (SSSR count). The number of imide groups is 1. The van der Waals surface area contributed by atoms with Gasteiger partial charge in [0.2, 0.25) is 0 Å². The number of nitrogens with zero attached hydrogens (tertiary/aromatic N) is 1. The number of carbonyl (C=O) groups excluding carboxylic acids is 2. The Morgan fingerprint density at radius 1 is 1.26 bits per heavy atom. The molecule has 1 aliphatic rings. The van der Waals surface area contributed by atoms with E-state index >= 15 is 0 Å². The second-order valence-corrected chi connectivity index (χ2v) is 4.87. The first-order valence-corrected chi connectivity index (χ1v) is 6.73. The molecule has 1 saturated heterocycles. The molecule has 5 heteroatoms. The Hall–Kier alpha value is -1.91. The van der Waals surface area contributed by atoms with Crippen molar-refractivity contribution in [3.63, 3.8) is 0 Å². The Morgan fingerprint density at radius 3 is 2.68 bits per heavy atom. The van der Waals surface area contributed by atoms with Crippen LogP contribution in [0.3, 0.4) is 0 Å². The van der Waals surface area contributed by atoms with Crippen molar-refractivity contribution in [2.45, 2.75) is 44.6 Å². The summed E-state index contributed by atoms with van der Waals surface area (Å²) in [5.41, 5.74) is -0.200. The van der Waals surface area contributed by atoms with Gasteiger partial charge in [0.1, 0.15) is 5.54 Å². The van der Waals surface area contributed by atoms with Gasteiger partial charge in [0, 0.05) is 18.0 Å². The summed E-state index contributed by atoms with van der Waals surface area (Å²) in [6.45, 7) is 2.14. The molecule has 1 unspecified atom stereocenters. The smallest absolute Gasteiger partial charge is 0.319 e. The molecule has 0 saturated carbocycles. The zero-order valence-corrected chi connectivity index (χ0v) is 11.1. The molecular weight excluding hydrogens is 242 g/mol. The van der Waals surface area contributed by atoms with Crippen LogP contribution in [0.25, 0.3) is 0 Å². The summed E-state index contributed by atoms with van der Waals surface area (Å²) in [6, 6.07) is 3.18. The quantitative estimate of drug-likeness (QED) is 0.608. The lowest BCUT2D eigenvalue weighted by molar-refractivity contribution is -0.124. The molecule has 1 aliphatic heterocycles. The highest BCUT2D eigenvalue weighted by Crippen LogP contribution is 2.30. The standard InChI is InChI=1S/C14H19N3O2/c1-2-3-4-5-8-14(11-7-6-9-15-10-11)12(18)16-13(19)17-14/h6-7,9-10H,2-5,8H2,1H3,(H2,16,17,18,19). The number of nitrogens with one attached hydrogen (secondary N) is 2. The first-order chi connectivity index (χ1) is 9.19. The number of carbonyl (C=O) groups is 2. The normalized spacial score (nSPS) is 22.2. The van der Waals surface area contributed by atoms with Crippen LogP contribution in [-0.2, 0) is 10.3 Å². The number of hydrogen-bond donors (Lipinski definition) is 2. The van der Waals surface area contributed by atoms with E-state index in [1.54, 1.807) is 18.5 Å². The van der Waals surface area contributed by atoms with Gasteiger partial charge in [-0.05, 0) is 12.5 Å². The van der Waals surface area contributed by atoms with E-state index in [1.807, 2.05) is 6.07 Å². The van der Waals surface area contributed by atoms with Gasteiger partial charge in [-0.1, -0.05) is 38.7 Å². The van der Waals surface area contributed by atoms with Crippen molar-refractivity contribution < 1.29 is 9.59 Å². The zero-order chi connectivity index (χ0) is 13.7. The molecule has 2 heterocycles. The highest BCUT2D eigenvalue weighted by Gasteiger charge is 2.47. The van der Waals surface area contributed by atoms with Gasteiger partial charge in [0.15, 0.2) is 0 Å². The Morgan fingerprint density at radius 2 is 2.11 bits per heavy atom. The van der Waals surface area contributed by atoms with Gasteiger partial charge in [-0.25, -0.2) is 4.79 Å². The van der Waals surface area contributed by atoms with Gasteiger partial charge in [0.25, 0.3) is 5.91 Å².